The van der Waals surface area contributed by atoms with Crippen LogP contribution in [0.2, 0.25) is 0 Å². The molecule has 1 aliphatic rings. The van der Waals surface area contributed by atoms with E-state index >= 15 is 0 Å². The van der Waals surface area contributed by atoms with Gasteiger partial charge in [-0.15, -0.1) is 12.4 Å². The Balaban J connectivity index is 0.00000576. The molecule has 0 spiro atoms. The highest BCUT2D eigenvalue weighted by Crippen LogP contribution is 2.13. The average molecular weight is 375 g/mol. The molecule has 1 fully saturated rings. The zero-order valence-corrected chi connectivity index (χ0v) is 17.8. The number of piperazine rings is 1. The van der Waals surface area contributed by atoms with E-state index in [9.17, 15) is 4.79 Å². The van der Waals surface area contributed by atoms with E-state index in [2.05, 4.69) is 23.8 Å². The van der Waals surface area contributed by atoms with Crippen LogP contribution < -0.4 is 0 Å². The Morgan fingerprint density at radius 2 is 1.08 bits per heavy atom. The molecule has 0 saturated carbocycles. The second-order valence-corrected chi connectivity index (χ2v) is 7.68. The molecule has 1 heterocycles. The summed E-state index contributed by atoms with van der Waals surface area (Å²) in [6.45, 7) is 6.19. The molecule has 150 valence electrons. The largest absolute Gasteiger partial charge is 0.340 e. The molecule has 0 N–H and O–H groups in total. The van der Waals surface area contributed by atoms with Crippen LogP contribution in [-0.2, 0) is 4.79 Å². The van der Waals surface area contributed by atoms with E-state index in [1.807, 2.05) is 0 Å². The molecule has 0 atom stereocenters. The van der Waals surface area contributed by atoms with Crippen molar-refractivity contribution in [3.63, 3.8) is 0 Å². The number of likely N-dealkylation sites (N-methyl/N-ethyl adjacent to an activating group) is 1. The third-order valence-corrected chi connectivity index (χ3v) is 5.35. The number of unbranched alkanes of at least 4 members (excludes halogenated alkanes) is 12. The van der Waals surface area contributed by atoms with Crippen LogP contribution in [0.15, 0.2) is 0 Å². The Morgan fingerprint density at radius 1 is 0.680 bits per heavy atom. The van der Waals surface area contributed by atoms with Crippen LogP contribution in [-0.4, -0.2) is 48.9 Å². The molecule has 1 aliphatic heterocycles. The molecular weight excluding hydrogens is 332 g/mol. The number of carbonyl (C=O) groups excluding carboxylic acids is 1. The van der Waals surface area contributed by atoms with Gasteiger partial charge in [0.15, 0.2) is 0 Å². The molecule has 1 saturated heterocycles. The van der Waals surface area contributed by atoms with Gasteiger partial charge in [-0.1, -0.05) is 84.0 Å². The van der Waals surface area contributed by atoms with Gasteiger partial charge in [0.1, 0.15) is 0 Å². The molecule has 0 bridgehead atoms. The average Bonchev–Trinajstić information content (AvgIpc) is 2.59. The van der Waals surface area contributed by atoms with E-state index in [-0.39, 0.29) is 12.4 Å². The molecule has 0 aromatic carbocycles. The lowest BCUT2D eigenvalue weighted by Gasteiger charge is -2.32. The summed E-state index contributed by atoms with van der Waals surface area (Å²) in [5, 5.41) is 0. The number of carbonyl (C=O) groups is 1. The van der Waals surface area contributed by atoms with Crippen molar-refractivity contribution in [2.45, 2.75) is 96.8 Å². The zero-order valence-electron chi connectivity index (χ0n) is 16.9. The number of rotatable bonds is 14. The van der Waals surface area contributed by atoms with Crippen LogP contribution in [0.5, 0.6) is 0 Å². The first-order valence-electron chi connectivity index (χ1n) is 10.7. The van der Waals surface area contributed by atoms with Crippen LogP contribution in [0, 0.1) is 0 Å². The smallest absolute Gasteiger partial charge is 0.222 e. The molecular formula is C21H43ClN2O. The Labute approximate surface area is 163 Å². The maximum absolute atomic E-state index is 12.1. The van der Waals surface area contributed by atoms with Gasteiger partial charge in [0.25, 0.3) is 0 Å². The Kier molecular flexibility index (Phi) is 17.0. The number of nitrogens with zero attached hydrogens (tertiary/aromatic N) is 2. The highest BCUT2D eigenvalue weighted by Gasteiger charge is 2.18. The van der Waals surface area contributed by atoms with Crippen molar-refractivity contribution in [1.82, 2.24) is 9.80 Å². The fourth-order valence-electron chi connectivity index (χ4n) is 3.51. The lowest BCUT2D eigenvalue weighted by Crippen LogP contribution is -2.47. The van der Waals surface area contributed by atoms with E-state index < -0.39 is 0 Å². The SMILES string of the molecule is CCCCCCCCCCCCCCCC(=O)N1CCN(C)CC1.Cl. The van der Waals surface area contributed by atoms with E-state index in [1.165, 1.54) is 77.0 Å². The number of hydrogen-bond acceptors (Lipinski definition) is 2. The first-order valence-corrected chi connectivity index (χ1v) is 10.7. The molecule has 0 aromatic rings. The van der Waals surface area contributed by atoms with Crippen LogP contribution >= 0.6 is 12.4 Å². The van der Waals surface area contributed by atoms with Gasteiger partial charge in [-0.2, -0.15) is 0 Å². The normalized spacial score (nSPS) is 15.2. The standard InChI is InChI=1S/C21H42N2O.ClH/c1-3-4-5-6-7-8-9-10-11-12-13-14-15-16-21(24)23-19-17-22(2)18-20-23;/h3-20H2,1-2H3;1H. The first kappa shape index (κ1) is 24.7. The van der Waals surface area contributed by atoms with Gasteiger partial charge in [-0.3, -0.25) is 4.79 Å². The Morgan fingerprint density at radius 3 is 1.52 bits per heavy atom. The van der Waals surface area contributed by atoms with Gasteiger partial charge in [0.05, 0.1) is 0 Å². The van der Waals surface area contributed by atoms with Gasteiger partial charge in [-0.05, 0) is 13.5 Å². The van der Waals surface area contributed by atoms with Crippen molar-refractivity contribution in [1.29, 1.82) is 0 Å². The third kappa shape index (κ3) is 13.6. The Hall–Kier alpha value is -0.280. The summed E-state index contributed by atoms with van der Waals surface area (Å²) >= 11 is 0. The van der Waals surface area contributed by atoms with Crippen LogP contribution in [0.3, 0.4) is 0 Å². The zero-order chi connectivity index (χ0) is 17.5. The lowest BCUT2D eigenvalue weighted by molar-refractivity contribution is -0.132. The second-order valence-electron chi connectivity index (χ2n) is 7.68. The summed E-state index contributed by atoms with van der Waals surface area (Å²) in [5.74, 6) is 0.381. The van der Waals surface area contributed by atoms with Gasteiger partial charge in [0.2, 0.25) is 5.91 Å². The predicted octanol–water partition coefficient (Wildman–Crippen LogP) is 5.66. The van der Waals surface area contributed by atoms with Crippen molar-refractivity contribution in [2.75, 3.05) is 33.2 Å². The minimum absolute atomic E-state index is 0. The molecule has 4 heteroatoms. The quantitative estimate of drug-likeness (QED) is 0.366. The first-order chi connectivity index (χ1) is 11.7. The predicted molar refractivity (Wildman–Crippen MR) is 112 cm³/mol. The van der Waals surface area contributed by atoms with E-state index in [0.717, 1.165) is 39.0 Å². The van der Waals surface area contributed by atoms with E-state index in [0.29, 0.717) is 5.91 Å². The summed E-state index contributed by atoms with van der Waals surface area (Å²) < 4.78 is 0. The fraction of sp³-hybridized carbons (Fsp3) is 0.952. The Bertz CT molecular complexity index is 304. The third-order valence-electron chi connectivity index (χ3n) is 5.35. The van der Waals surface area contributed by atoms with Gasteiger partial charge in [0, 0.05) is 32.6 Å². The van der Waals surface area contributed by atoms with Crippen LogP contribution in [0.25, 0.3) is 0 Å². The summed E-state index contributed by atoms with van der Waals surface area (Å²) in [6.07, 6.45) is 18.5. The van der Waals surface area contributed by atoms with Crippen molar-refractivity contribution in [3.05, 3.63) is 0 Å². The van der Waals surface area contributed by atoms with Crippen molar-refractivity contribution in [3.8, 4) is 0 Å². The highest BCUT2D eigenvalue weighted by atomic mass is 35.5. The molecule has 25 heavy (non-hydrogen) atoms. The van der Waals surface area contributed by atoms with Crippen LogP contribution in [0.1, 0.15) is 96.8 Å². The summed E-state index contributed by atoms with van der Waals surface area (Å²) in [7, 11) is 2.13. The second kappa shape index (κ2) is 17.1. The molecule has 1 rings (SSSR count). The molecule has 0 aliphatic carbocycles. The molecule has 1 amide bonds. The summed E-state index contributed by atoms with van der Waals surface area (Å²) in [5.41, 5.74) is 0. The molecule has 0 radical (unpaired) electrons. The number of hydrogen-bond donors (Lipinski definition) is 0. The van der Waals surface area contributed by atoms with Gasteiger partial charge >= 0.3 is 0 Å². The van der Waals surface area contributed by atoms with Gasteiger partial charge in [-0.25, -0.2) is 0 Å². The summed E-state index contributed by atoms with van der Waals surface area (Å²) in [4.78, 5) is 16.5. The molecule has 0 aromatic heterocycles. The minimum Gasteiger partial charge on any atom is -0.340 e. The maximum atomic E-state index is 12.1. The number of amides is 1. The number of halogens is 1. The van der Waals surface area contributed by atoms with Crippen LogP contribution in [0.4, 0.5) is 0 Å². The lowest BCUT2D eigenvalue weighted by atomic mass is 10.0. The van der Waals surface area contributed by atoms with Crippen molar-refractivity contribution < 1.29 is 4.79 Å². The summed E-state index contributed by atoms with van der Waals surface area (Å²) in [6, 6.07) is 0. The minimum atomic E-state index is 0. The topological polar surface area (TPSA) is 23.6 Å². The van der Waals surface area contributed by atoms with Crippen molar-refractivity contribution in [2.24, 2.45) is 0 Å². The molecule has 0 unspecified atom stereocenters. The monoisotopic (exact) mass is 374 g/mol. The van der Waals surface area contributed by atoms with E-state index in [1.54, 1.807) is 0 Å². The fourth-order valence-corrected chi connectivity index (χ4v) is 3.51. The maximum Gasteiger partial charge on any atom is 0.222 e. The molecule has 3 nitrogen and oxygen atoms in total. The van der Waals surface area contributed by atoms with E-state index in [4.69, 9.17) is 0 Å². The highest BCUT2D eigenvalue weighted by molar-refractivity contribution is 5.85. The van der Waals surface area contributed by atoms with Crippen molar-refractivity contribution >= 4 is 18.3 Å². The van der Waals surface area contributed by atoms with Gasteiger partial charge < -0.3 is 9.80 Å².